The zero-order valence-electron chi connectivity index (χ0n) is 9.60. The number of nitrogens with zero attached hydrogens (tertiary/aromatic N) is 2. The Balaban J connectivity index is 1.97. The van der Waals surface area contributed by atoms with Crippen LogP contribution in [0.2, 0.25) is 5.02 Å². The van der Waals surface area contributed by atoms with E-state index in [-0.39, 0.29) is 11.8 Å². The first-order valence-electron chi connectivity index (χ1n) is 5.77. The first kappa shape index (κ1) is 12.3. The smallest absolute Gasteiger partial charge is 0.221 e. The van der Waals surface area contributed by atoms with Gasteiger partial charge < -0.3 is 5.73 Å². The molecule has 1 aliphatic heterocycles. The van der Waals surface area contributed by atoms with Crippen LogP contribution in [0.1, 0.15) is 18.5 Å². The fourth-order valence-corrected chi connectivity index (χ4v) is 2.38. The second-order valence-corrected chi connectivity index (χ2v) is 4.88. The van der Waals surface area contributed by atoms with Crippen molar-refractivity contribution in [1.29, 1.82) is 0 Å². The highest BCUT2D eigenvalue weighted by atomic mass is 35.5. The van der Waals surface area contributed by atoms with Gasteiger partial charge in [0.15, 0.2) is 0 Å². The van der Waals surface area contributed by atoms with E-state index in [0.29, 0.717) is 5.02 Å². The number of hydrogen-bond acceptors (Lipinski definition) is 3. The summed E-state index contributed by atoms with van der Waals surface area (Å²) in [6.45, 7) is 2.44. The molecule has 1 saturated heterocycles. The normalized spacial score (nSPS) is 21.4. The van der Waals surface area contributed by atoms with E-state index >= 15 is 0 Å². The van der Waals surface area contributed by atoms with Gasteiger partial charge in [-0.15, -0.1) is 0 Å². The van der Waals surface area contributed by atoms with Crippen molar-refractivity contribution in [2.75, 3.05) is 13.1 Å². The number of carbonyl (C=O) groups is 1. The van der Waals surface area contributed by atoms with Gasteiger partial charge in [-0.05, 0) is 31.5 Å². The Morgan fingerprint density at radius 3 is 3.18 bits per heavy atom. The topological polar surface area (TPSA) is 59.2 Å². The number of amides is 1. The van der Waals surface area contributed by atoms with E-state index in [1.807, 2.05) is 6.07 Å². The molecule has 0 spiro atoms. The van der Waals surface area contributed by atoms with Crippen molar-refractivity contribution in [1.82, 2.24) is 9.88 Å². The number of primary amides is 1. The molecule has 1 atom stereocenters. The number of rotatable bonds is 3. The predicted octanol–water partition coefficient (Wildman–Crippen LogP) is 1.43. The summed E-state index contributed by atoms with van der Waals surface area (Å²) < 4.78 is 0. The molecule has 17 heavy (non-hydrogen) atoms. The summed E-state index contributed by atoms with van der Waals surface area (Å²) in [7, 11) is 0. The Labute approximate surface area is 106 Å². The highest BCUT2D eigenvalue weighted by Gasteiger charge is 2.23. The van der Waals surface area contributed by atoms with Gasteiger partial charge in [0, 0.05) is 24.3 Å². The molecule has 2 N–H and O–H groups in total. The number of hydrogen-bond donors (Lipinski definition) is 1. The highest BCUT2D eigenvalue weighted by Crippen LogP contribution is 2.18. The quantitative estimate of drug-likeness (QED) is 0.887. The lowest BCUT2D eigenvalue weighted by Crippen LogP contribution is -2.40. The highest BCUT2D eigenvalue weighted by molar-refractivity contribution is 6.30. The van der Waals surface area contributed by atoms with Crippen LogP contribution in [-0.4, -0.2) is 28.9 Å². The molecule has 1 unspecified atom stereocenters. The van der Waals surface area contributed by atoms with Gasteiger partial charge in [-0.3, -0.25) is 14.7 Å². The van der Waals surface area contributed by atoms with Gasteiger partial charge in [-0.2, -0.15) is 0 Å². The molecule has 1 aromatic heterocycles. The van der Waals surface area contributed by atoms with Crippen molar-refractivity contribution in [2.24, 2.45) is 11.7 Å². The molecule has 0 aromatic carbocycles. The molecule has 1 aromatic rings. The van der Waals surface area contributed by atoms with E-state index in [2.05, 4.69) is 9.88 Å². The van der Waals surface area contributed by atoms with Crippen LogP contribution in [-0.2, 0) is 11.3 Å². The molecule has 1 aliphatic rings. The van der Waals surface area contributed by atoms with Crippen LogP contribution in [0.15, 0.2) is 18.3 Å². The third kappa shape index (κ3) is 3.41. The van der Waals surface area contributed by atoms with Crippen molar-refractivity contribution < 1.29 is 4.79 Å². The molecule has 2 rings (SSSR count). The van der Waals surface area contributed by atoms with E-state index in [0.717, 1.165) is 38.2 Å². The van der Waals surface area contributed by atoms with E-state index in [4.69, 9.17) is 17.3 Å². The zero-order chi connectivity index (χ0) is 12.3. The van der Waals surface area contributed by atoms with Crippen LogP contribution < -0.4 is 5.73 Å². The van der Waals surface area contributed by atoms with E-state index < -0.39 is 0 Å². The van der Waals surface area contributed by atoms with E-state index in [9.17, 15) is 4.79 Å². The number of halogens is 1. The third-order valence-electron chi connectivity index (χ3n) is 3.07. The van der Waals surface area contributed by atoms with Gasteiger partial charge in [-0.1, -0.05) is 11.6 Å². The molecular weight excluding hydrogens is 238 g/mol. The molecule has 0 saturated carbocycles. The number of nitrogens with two attached hydrogens (primary N) is 1. The van der Waals surface area contributed by atoms with Crippen molar-refractivity contribution in [3.63, 3.8) is 0 Å². The summed E-state index contributed by atoms with van der Waals surface area (Å²) in [5.74, 6) is -0.225. The largest absolute Gasteiger partial charge is 0.369 e. The Kier molecular flexibility index (Phi) is 3.97. The maximum Gasteiger partial charge on any atom is 0.221 e. The maximum absolute atomic E-state index is 11.2. The minimum absolute atomic E-state index is 0.0251. The fourth-order valence-electron chi connectivity index (χ4n) is 2.20. The lowest BCUT2D eigenvalue weighted by Gasteiger charge is -2.30. The molecular formula is C12H16ClN3O. The first-order valence-corrected chi connectivity index (χ1v) is 6.15. The van der Waals surface area contributed by atoms with Crippen molar-refractivity contribution in [3.8, 4) is 0 Å². The maximum atomic E-state index is 11.2. The van der Waals surface area contributed by atoms with E-state index in [1.54, 1.807) is 12.3 Å². The number of carbonyl (C=O) groups excluding carboxylic acids is 1. The first-order chi connectivity index (χ1) is 8.15. The van der Waals surface area contributed by atoms with Crippen LogP contribution in [0.5, 0.6) is 0 Å². The minimum Gasteiger partial charge on any atom is -0.369 e. The van der Waals surface area contributed by atoms with Crippen LogP contribution in [0.4, 0.5) is 0 Å². The molecule has 1 amide bonds. The fraction of sp³-hybridized carbons (Fsp3) is 0.500. The molecule has 5 heteroatoms. The van der Waals surface area contributed by atoms with Crippen LogP contribution in [0, 0.1) is 5.92 Å². The van der Waals surface area contributed by atoms with Crippen LogP contribution in [0.3, 0.4) is 0 Å². The SMILES string of the molecule is NC(=O)C1CCCN(Cc2cc(Cl)ccn2)C1. The number of likely N-dealkylation sites (tertiary alicyclic amines) is 1. The molecule has 1 fully saturated rings. The van der Waals surface area contributed by atoms with Gasteiger partial charge in [0.25, 0.3) is 0 Å². The summed E-state index contributed by atoms with van der Waals surface area (Å²) in [5, 5.41) is 0.693. The molecule has 0 bridgehead atoms. The number of aromatic nitrogens is 1. The monoisotopic (exact) mass is 253 g/mol. The van der Waals surface area contributed by atoms with Gasteiger partial charge in [0.2, 0.25) is 5.91 Å². The van der Waals surface area contributed by atoms with Gasteiger partial charge in [0.1, 0.15) is 0 Å². The van der Waals surface area contributed by atoms with Gasteiger partial charge in [0.05, 0.1) is 11.6 Å². The van der Waals surface area contributed by atoms with Crippen molar-refractivity contribution >= 4 is 17.5 Å². The molecule has 0 radical (unpaired) electrons. The minimum atomic E-state index is -0.200. The Morgan fingerprint density at radius 2 is 2.47 bits per heavy atom. The Morgan fingerprint density at radius 1 is 1.65 bits per heavy atom. The summed E-state index contributed by atoms with van der Waals surface area (Å²) in [6, 6.07) is 3.61. The summed E-state index contributed by atoms with van der Waals surface area (Å²) in [6.07, 6.45) is 3.61. The molecule has 0 aliphatic carbocycles. The Hall–Kier alpha value is -1.13. The van der Waals surface area contributed by atoms with Crippen LogP contribution in [0.25, 0.3) is 0 Å². The van der Waals surface area contributed by atoms with E-state index in [1.165, 1.54) is 0 Å². The average molecular weight is 254 g/mol. The van der Waals surface area contributed by atoms with Crippen molar-refractivity contribution in [2.45, 2.75) is 19.4 Å². The standard InChI is InChI=1S/C12H16ClN3O/c13-10-3-4-15-11(6-10)8-16-5-1-2-9(7-16)12(14)17/h3-4,6,9H,1-2,5,7-8H2,(H2,14,17). The molecule has 4 nitrogen and oxygen atoms in total. The zero-order valence-corrected chi connectivity index (χ0v) is 10.4. The second kappa shape index (κ2) is 5.47. The number of piperidine rings is 1. The Bertz CT molecular complexity index is 410. The molecule has 2 heterocycles. The molecule has 92 valence electrons. The number of pyridine rings is 1. The van der Waals surface area contributed by atoms with Crippen molar-refractivity contribution in [3.05, 3.63) is 29.0 Å². The average Bonchev–Trinajstić information content (AvgIpc) is 2.29. The summed E-state index contributed by atoms with van der Waals surface area (Å²) >= 11 is 5.91. The van der Waals surface area contributed by atoms with Gasteiger partial charge >= 0.3 is 0 Å². The van der Waals surface area contributed by atoms with Crippen LogP contribution >= 0.6 is 11.6 Å². The third-order valence-corrected chi connectivity index (χ3v) is 3.31. The summed E-state index contributed by atoms with van der Waals surface area (Å²) in [5.41, 5.74) is 6.28. The lowest BCUT2D eigenvalue weighted by molar-refractivity contribution is -0.123. The predicted molar refractivity (Wildman–Crippen MR) is 66.4 cm³/mol. The second-order valence-electron chi connectivity index (χ2n) is 4.44. The summed E-state index contributed by atoms with van der Waals surface area (Å²) in [4.78, 5) is 17.6. The van der Waals surface area contributed by atoms with Gasteiger partial charge in [-0.25, -0.2) is 0 Å². The lowest BCUT2D eigenvalue weighted by atomic mass is 9.97.